The smallest absolute Gasteiger partial charge is 0.0587 e. The summed E-state index contributed by atoms with van der Waals surface area (Å²) in [4.78, 5) is 2.46. The summed E-state index contributed by atoms with van der Waals surface area (Å²) >= 11 is 0. The Morgan fingerprint density at radius 3 is 2.63 bits per heavy atom. The van der Waals surface area contributed by atoms with E-state index in [1.807, 2.05) is 0 Å². The van der Waals surface area contributed by atoms with E-state index in [2.05, 4.69) is 55.3 Å². The molecule has 0 aliphatic rings. The molecule has 0 saturated carbocycles. The van der Waals surface area contributed by atoms with Crippen LogP contribution in [-0.4, -0.2) is 33.4 Å². The highest BCUT2D eigenvalue weighted by atomic mass is 16.5. The highest BCUT2D eigenvalue weighted by molar-refractivity contribution is 5.53. The minimum atomic E-state index is 0.675. The van der Waals surface area contributed by atoms with Crippen LogP contribution in [-0.2, 0) is 11.3 Å². The van der Waals surface area contributed by atoms with Gasteiger partial charge in [-0.3, -0.25) is 0 Å². The molecule has 1 aromatic rings. The Kier molecular flexibility index (Phi) is 7.53. The second-order valence-corrected chi connectivity index (χ2v) is 5.23. The van der Waals surface area contributed by atoms with Crippen molar-refractivity contribution in [3.8, 4) is 0 Å². The Labute approximate surface area is 118 Å². The van der Waals surface area contributed by atoms with Gasteiger partial charge in [-0.15, -0.1) is 0 Å². The fraction of sp³-hybridized carbons (Fsp3) is 0.625. The van der Waals surface area contributed by atoms with Crippen LogP contribution in [0.5, 0.6) is 0 Å². The van der Waals surface area contributed by atoms with Gasteiger partial charge in [-0.2, -0.15) is 0 Å². The molecule has 1 rings (SSSR count). The highest BCUT2D eigenvalue weighted by Gasteiger charge is 2.10. The Morgan fingerprint density at radius 2 is 2.00 bits per heavy atom. The van der Waals surface area contributed by atoms with Crippen molar-refractivity contribution in [2.75, 3.05) is 38.3 Å². The van der Waals surface area contributed by atoms with Crippen molar-refractivity contribution < 1.29 is 4.74 Å². The third-order valence-corrected chi connectivity index (χ3v) is 3.10. The molecule has 0 unspecified atom stereocenters. The van der Waals surface area contributed by atoms with Crippen LogP contribution < -0.4 is 10.2 Å². The van der Waals surface area contributed by atoms with Gasteiger partial charge in [-0.1, -0.05) is 32.0 Å². The van der Waals surface area contributed by atoms with Gasteiger partial charge in [0, 0.05) is 39.0 Å². The number of nitrogens with one attached hydrogen (secondary N) is 1. The molecule has 19 heavy (non-hydrogen) atoms. The summed E-state index contributed by atoms with van der Waals surface area (Å²) in [5.74, 6) is 0.675. The molecule has 1 N–H and O–H groups in total. The van der Waals surface area contributed by atoms with E-state index >= 15 is 0 Å². The van der Waals surface area contributed by atoms with E-state index in [1.54, 1.807) is 7.11 Å². The maximum Gasteiger partial charge on any atom is 0.0587 e. The third kappa shape index (κ3) is 5.62. The molecule has 0 bridgehead atoms. The molecule has 0 spiro atoms. The fourth-order valence-corrected chi connectivity index (χ4v) is 2.20. The predicted octanol–water partition coefficient (Wildman–Crippen LogP) is 2.90. The molecule has 0 atom stereocenters. The molecule has 108 valence electrons. The molecule has 0 aromatic heterocycles. The number of ether oxygens (including phenoxy) is 1. The highest BCUT2D eigenvalue weighted by Crippen LogP contribution is 2.21. The van der Waals surface area contributed by atoms with E-state index in [0.29, 0.717) is 5.92 Å². The molecule has 1 aromatic carbocycles. The van der Waals surface area contributed by atoms with Crippen molar-refractivity contribution in [1.29, 1.82) is 0 Å². The van der Waals surface area contributed by atoms with Crippen LogP contribution in [0.3, 0.4) is 0 Å². The maximum atomic E-state index is 5.06. The van der Waals surface area contributed by atoms with Crippen LogP contribution in [0.25, 0.3) is 0 Å². The largest absolute Gasteiger partial charge is 0.383 e. The number of benzene rings is 1. The summed E-state index contributed by atoms with van der Waals surface area (Å²) in [7, 11) is 1.73. The summed E-state index contributed by atoms with van der Waals surface area (Å²) in [5.41, 5.74) is 2.71. The number of rotatable bonds is 9. The fourth-order valence-electron chi connectivity index (χ4n) is 2.20. The van der Waals surface area contributed by atoms with Crippen molar-refractivity contribution in [1.82, 2.24) is 5.32 Å². The summed E-state index contributed by atoms with van der Waals surface area (Å²) < 4.78 is 5.06. The lowest BCUT2D eigenvalue weighted by atomic mass is 10.1. The SMILES string of the molecule is CCN(CC(C)C)c1ccccc1CNCCOC. The maximum absolute atomic E-state index is 5.06. The predicted molar refractivity (Wildman–Crippen MR) is 82.7 cm³/mol. The van der Waals surface area contributed by atoms with Gasteiger partial charge >= 0.3 is 0 Å². The first-order valence-electron chi connectivity index (χ1n) is 7.21. The third-order valence-electron chi connectivity index (χ3n) is 3.10. The Morgan fingerprint density at radius 1 is 1.26 bits per heavy atom. The summed E-state index contributed by atoms with van der Waals surface area (Å²) in [5, 5.41) is 3.42. The van der Waals surface area contributed by atoms with Crippen LogP contribution in [0.4, 0.5) is 5.69 Å². The summed E-state index contributed by atoms with van der Waals surface area (Å²) in [6.45, 7) is 11.4. The Hall–Kier alpha value is -1.06. The van der Waals surface area contributed by atoms with E-state index in [4.69, 9.17) is 4.74 Å². The van der Waals surface area contributed by atoms with Gasteiger partial charge < -0.3 is 15.0 Å². The Balaban J connectivity index is 2.70. The van der Waals surface area contributed by atoms with Crippen LogP contribution in [0.1, 0.15) is 26.3 Å². The normalized spacial score (nSPS) is 11.0. The van der Waals surface area contributed by atoms with E-state index in [9.17, 15) is 0 Å². The molecule has 0 heterocycles. The lowest BCUT2D eigenvalue weighted by Gasteiger charge is -2.27. The van der Waals surface area contributed by atoms with Crippen molar-refractivity contribution >= 4 is 5.69 Å². The molecule has 0 saturated heterocycles. The molecule has 0 fully saturated rings. The van der Waals surface area contributed by atoms with E-state index in [0.717, 1.165) is 32.8 Å². The number of anilines is 1. The van der Waals surface area contributed by atoms with Crippen LogP contribution in [0.15, 0.2) is 24.3 Å². The molecule has 0 amide bonds. The van der Waals surface area contributed by atoms with Gasteiger partial charge in [0.15, 0.2) is 0 Å². The monoisotopic (exact) mass is 264 g/mol. The summed E-state index contributed by atoms with van der Waals surface area (Å²) in [6.07, 6.45) is 0. The first-order chi connectivity index (χ1) is 9.19. The van der Waals surface area contributed by atoms with Crippen molar-refractivity contribution in [2.45, 2.75) is 27.3 Å². The second kappa shape index (κ2) is 8.94. The van der Waals surface area contributed by atoms with Gasteiger partial charge in [0.25, 0.3) is 0 Å². The number of nitrogens with zero attached hydrogens (tertiary/aromatic N) is 1. The van der Waals surface area contributed by atoms with E-state index in [-0.39, 0.29) is 0 Å². The zero-order valence-electron chi connectivity index (χ0n) is 12.8. The minimum Gasteiger partial charge on any atom is -0.383 e. The number of hydrogen-bond donors (Lipinski definition) is 1. The number of methoxy groups -OCH3 is 1. The molecular formula is C16H28N2O. The van der Waals surface area contributed by atoms with Crippen LogP contribution in [0, 0.1) is 5.92 Å². The molecule has 0 radical (unpaired) electrons. The van der Waals surface area contributed by atoms with Crippen molar-refractivity contribution in [3.05, 3.63) is 29.8 Å². The van der Waals surface area contributed by atoms with Gasteiger partial charge in [0.1, 0.15) is 0 Å². The van der Waals surface area contributed by atoms with Gasteiger partial charge in [0.05, 0.1) is 6.61 Å². The van der Waals surface area contributed by atoms with E-state index < -0.39 is 0 Å². The summed E-state index contributed by atoms with van der Waals surface area (Å²) in [6, 6.07) is 8.66. The zero-order valence-corrected chi connectivity index (χ0v) is 12.8. The van der Waals surface area contributed by atoms with Crippen LogP contribution >= 0.6 is 0 Å². The van der Waals surface area contributed by atoms with Gasteiger partial charge in [-0.05, 0) is 24.5 Å². The first kappa shape index (κ1) is 16.0. The Bertz CT molecular complexity index is 352. The molecule has 0 aliphatic carbocycles. The second-order valence-electron chi connectivity index (χ2n) is 5.23. The molecular weight excluding hydrogens is 236 g/mol. The standard InChI is InChI=1S/C16H28N2O/c1-5-18(13-14(2)3)16-9-7-6-8-15(16)12-17-10-11-19-4/h6-9,14,17H,5,10-13H2,1-4H3. The molecule has 0 aliphatic heterocycles. The van der Waals surface area contributed by atoms with Gasteiger partial charge in [0.2, 0.25) is 0 Å². The average Bonchev–Trinajstić information content (AvgIpc) is 2.41. The lowest BCUT2D eigenvalue weighted by molar-refractivity contribution is 0.199. The van der Waals surface area contributed by atoms with Gasteiger partial charge in [-0.25, -0.2) is 0 Å². The van der Waals surface area contributed by atoms with E-state index in [1.165, 1.54) is 11.3 Å². The zero-order chi connectivity index (χ0) is 14.1. The molecule has 3 heteroatoms. The average molecular weight is 264 g/mol. The molecule has 3 nitrogen and oxygen atoms in total. The minimum absolute atomic E-state index is 0.675. The van der Waals surface area contributed by atoms with Crippen molar-refractivity contribution in [2.24, 2.45) is 5.92 Å². The number of para-hydroxylation sites is 1. The van der Waals surface area contributed by atoms with Crippen molar-refractivity contribution in [3.63, 3.8) is 0 Å². The number of hydrogen-bond acceptors (Lipinski definition) is 3. The topological polar surface area (TPSA) is 24.5 Å². The lowest BCUT2D eigenvalue weighted by Crippen LogP contribution is -2.29. The van der Waals surface area contributed by atoms with Crippen LogP contribution in [0.2, 0.25) is 0 Å². The first-order valence-corrected chi connectivity index (χ1v) is 7.21. The quantitative estimate of drug-likeness (QED) is 0.694.